The first kappa shape index (κ1) is 26.3. The van der Waals surface area contributed by atoms with Gasteiger partial charge in [0.2, 0.25) is 15.9 Å². The Labute approximate surface area is 215 Å². The second-order valence-corrected chi connectivity index (χ2v) is 12.8. The summed E-state index contributed by atoms with van der Waals surface area (Å²) in [6.07, 6.45) is 1.53. The van der Waals surface area contributed by atoms with E-state index in [0.717, 1.165) is 16.9 Å². The third kappa shape index (κ3) is 5.18. The first-order valence-electron chi connectivity index (χ1n) is 12.0. The summed E-state index contributed by atoms with van der Waals surface area (Å²) in [5.74, 6) is -0.189. The predicted molar refractivity (Wildman–Crippen MR) is 139 cm³/mol. The Morgan fingerprint density at radius 2 is 1.67 bits per heavy atom. The smallest absolute Gasteiger partial charge is 0.256 e. The molecule has 2 aliphatic heterocycles. The maximum atomic E-state index is 13.1. The lowest BCUT2D eigenvalue weighted by molar-refractivity contribution is -0.129. The zero-order chi connectivity index (χ0) is 26.2. The number of carbonyl (C=O) groups excluding carboxylic acids is 3. The van der Waals surface area contributed by atoms with Crippen LogP contribution >= 0.6 is 11.3 Å². The normalized spacial score (nSPS) is 20.5. The van der Waals surface area contributed by atoms with Crippen LogP contribution in [0, 0.1) is 11.8 Å². The molecule has 9 nitrogen and oxygen atoms in total. The standard InChI is InChI=1S/C25H32N4O5S2/c1-15-11-16(2)13-29(12-15)36(33,34)19-7-5-18(6-8-19)23(31)27-25-22(24(32)26-4)20-9-10-28(17(3)30)14-21(20)35-25/h5-8,15-16H,9-14H2,1-4H3,(H,26,32)(H,27,31). The summed E-state index contributed by atoms with van der Waals surface area (Å²) in [6.45, 7) is 7.51. The van der Waals surface area contributed by atoms with Crippen LogP contribution in [0.4, 0.5) is 5.00 Å². The van der Waals surface area contributed by atoms with Crippen molar-refractivity contribution in [1.82, 2.24) is 14.5 Å². The highest BCUT2D eigenvalue weighted by molar-refractivity contribution is 7.89. The molecule has 36 heavy (non-hydrogen) atoms. The molecule has 0 spiro atoms. The maximum Gasteiger partial charge on any atom is 0.256 e. The zero-order valence-corrected chi connectivity index (χ0v) is 22.6. The molecule has 1 fully saturated rings. The minimum atomic E-state index is -3.65. The van der Waals surface area contributed by atoms with Gasteiger partial charge in [-0.3, -0.25) is 14.4 Å². The van der Waals surface area contributed by atoms with Crippen LogP contribution in [-0.2, 0) is 27.8 Å². The number of nitrogens with one attached hydrogen (secondary N) is 2. The van der Waals surface area contributed by atoms with Crippen molar-refractivity contribution in [3.05, 3.63) is 45.8 Å². The quantitative estimate of drug-likeness (QED) is 0.614. The predicted octanol–water partition coefficient (Wildman–Crippen LogP) is 2.93. The van der Waals surface area contributed by atoms with E-state index in [2.05, 4.69) is 24.5 Å². The van der Waals surface area contributed by atoms with Gasteiger partial charge in [0.05, 0.1) is 17.0 Å². The van der Waals surface area contributed by atoms with Crippen LogP contribution in [0.15, 0.2) is 29.2 Å². The molecule has 11 heteroatoms. The number of hydrogen-bond acceptors (Lipinski definition) is 6. The molecule has 2 aliphatic rings. The van der Waals surface area contributed by atoms with Crippen LogP contribution in [0.5, 0.6) is 0 Å². The molecule has 2 unspecified atom stereocenters. The second-order valence-electron chi connectivity index (χ2n) is 9.72. The molecular weight excluding hydrogens is 500 g/mol. The van der Waals surface area contributed by atoms with Gasteiger partial charge in [-0.2, -0.15) is 4.31 Å². The van der Waals surface area contributed by atoms with E-state index in [1.807, 2.05) is 0 Å². The van der Waals surface area contributed by atoms with Crippen molar-refractivity contribution in [3.8, 4) is 0 Å². The fourth-order valence-corrected chi connectivity index (χ4v) is 7.97. The van der Waals surface area contributed by atoms with Crippen LogP contribution in [-0.4, -0.2) is 62.0 Å². The molecule has 1 aromatic heterocycles. The summed E-state index contributed by atoms with van der Waals surface area (Å²) in [5, 5.41) is 5.88. The lowest BCUT2D eigenvalue weighted by Crippen LogP contribution is -2.42. The lowest BCUT2D eigenvalue weighted by atomic mass is 9.94. The van der Waals surface area contributed by atoms with Crippen molar-refractivity contribution >= 4 is 44.1 Å². The Bertz CT molecular complexity index is 1280. The number of anilines is 1. The van der Waals surface area contributed by atoms with Crippen molar-refractivity contribution in [3.63, 3.8) is 0 Å². The van der Waals surface area contributed by atoms with Gasteiger partial charge in [0.1, 0.15) is 5.00 Å². The van der Waals surface area contributed by atoms with Gasteiger partial charge in [-0.1, -0.05) is 13.8 Å². The Hall–Kier alpha value is -2.76. The van der Waals surface area contributed by atoms with Gasteiger partial charge in [-0.25, -0.2) is 8.42 Å². The van der Waals surface area contributed by atoms with E-state index in [4.69, 9.17) is 0 Å². The largest absolute Gasteiger partial charge is 0.355 e. The number of fused-ring (bicyclic) bond motifs is 1. The van der Waals surface area contributed by atoms with Gasteiger partial charge in [0.25, 0.3) is 11.8 Å². The monoisotopic (exact) mass is 532 g/mol. The van der Waals surface area contributed by atoms with Crippen molar-refractivity contribution in [2.45, 2.75) is 45.1 Å². The van der Waals surface area contributed by atoms with Crippen LogP contribution < -0.4 is 10.6 Å². The summed E-state index contributed by atoms with van der Waals surface area (Å²) in [5.41, 5.74) is 1.55. The molecule has 3 heterocycles. The summed E-state index contributed by atoms with van der Waals surface area (Å²) in [6, 6.07) is 5.89. The summed E-state index contributed by atoms with van der Waals surface area (Å²) in [4.78, 5) is 40.3. The van der Waals surface area contributed by atoms with Crippen LogP contribution in [0.3, 0.4) is 0 Å². The van der Waals surface area contributed by atoms with Crippen LogP contribution in [0.1, 0.15) is 58.3 Å². The summed E-state index contributed by atoms with van der Waals surface area (Å²) < 4.78 is 27.8. The molecule has 0 radical (unpaired) electrons. The molecule has 1 aromatic carbocycles. The maximum absolute atomic E-state index is 13.1. The van der Waals surface area contributed by atoms with Gasteiger partial charge < -0.3 is 15.5 Å². The van der Waals surface area contributed by atoms with Crippen molar-refractivity contribution < 1.29 is 22.8 Å². The molecule has 0 bridgehead atoms. The van der Waals surface area contributed by atoms with Gasteiger partial charge in [0.15, 0.2) is 0 Å². The summed E-state index contributed by atoms with van der Waals surface area (Å²) in [7, 11) is -2.11. The number of hydrogen-bond donors (Lipinski definition) is 2. The minimum Gasteiger partial charge on any atom is -0.355 e. The average molecular weight is 533 g/mol. The Morgan fingerprint density at radius 3 is 2.25 bits per heavy atom. The topological polar surface area (TPSA) is 116 Å². The third-order valence-electron chi connectivity index (χ3n) is 6.77. The number of piperidine rings is 1. The fourth-order valence-electron chi connectivity index (χ4n) is 5.03. The number of benzene rings is 1. The number of thiophene rings is 1. The van der Waals surface area contributed by atoms with E-state index in [9.17, 15) is 22.8 Å². The van der Waals surface area contributed by atoms with Gasteiger partial charge in [-0.05, 0) is 54.5 Å². The number of sulfonamides is 1. The van der Waals surface area contributed by atoms with Gasteiger partial charge >= 0.3 is 0 Å². The van der Waals surface area contributed by atoms with E-state index in [1.54, 1.807) is 4.90 Å². The lowest BCUT2D eigenvalue weighted by Gasteiger charge is -2.34. The van der Waals surface area contributed by atoms with Crippen molar-refractivity contribution in [2.24, 2.45) is 11.8 Å². The molecule has 2 aromatic rings. The number of carbonyl (C=O) groups is 3. The molecule has 194 valence electrons. The molecule has 1 saturated heterocycles. The zero-order valence-electron chi connectivity index (χ0n) is 21.0. The Kier molecular flexibility index (Phi) is 7.53. The van der Waals surface area contributed by atoms with Crippen LogP contribution in [0.25, 0.3) is 0 Å². The molecule has 4 rings (SSSR count). The molecule has 2 atom stereocenters. The first-order valence-corrected chi connectivity index (χ1v) is 14.3. The minimum absolute atomic E-state index is 0.0374. The highest BCUT2D eigenvalue weighted by Gasteiger charge is 2.32. The van der Waals surface area contributed by atoms with Crippen molar-refractivity contribution in [1.29, 1.82) is 0 Å². The van der Waals surface area contributed by atoms with Crippen molar-refractivity contribution in [2.75, 3.05) is 32.0 Å². The van der Waals surface area contributed by atoms with Crippen LogP contribution in [0.2, 0.25) is 0 Å². The van der Waals surface area contributed by atoms with E-state index in [0.29, 0.717) is 55.0 Å². The average Bonchev–Trinajstić information content (AvgIpc) is 3.19. The molecule has 2 N–H and O–H groups in total. The molecule has 0 aliphatic carbocycles. The SMILES string of the molecule is CNC(=O)c1c(NC(=O)c2ccc(S(=O)(=O)N3CC(C)CC(C)C3)cc2)sc2c1CCN(C(C)=O)C2. The third-order valence-corrected chi connectivity index (χ3v) is 9.75. The van der Waals surface area contributed by atoms with E-state index in [-0.39, 0.29) is 22.3 Å². The molecular formula is C25H32N4O5S2. The van der Waals surface area contributed by atoms with Gasteiger partial charge in [-0.15, -0.1) is 11.3 Å². The van der Waals surface area contributed by atoms with Gasteiger partial charge in [0, 0.05) is 44.0 Å². The number of rotatable bonds is 5. The first-order chi connectivity index (χ1) is 17.0. The fraction of sp³-hybridized carbons (Fsp3) is 0.480. The molecule has 3 amide bonds. The number of amides is 3. The van der Waals surface area contributed by atoms with E-state index >= 15 is 0 Å². The Morgan fingerprint density at radius 1 is 1.03 bits per heavy atom. The second kappa shape index (κ2) is 10.3. The van der Waals surface area contributed by atoms with E-state index < -0.39 is 15.9 Å². The van der Waals surface area contributed by atoms with E-state index in [1.165, 1.54) is 53.9 Å². The highest BCUT2D eigenvalue weighted by Crippen LogP contribution is 2.37. The summed E-state index contributed by atoms with van der Waals surface area (Å²) >= 11 is 1.29. The highest BCUT2D eigenvalue weighted by atomic mass is 32.2. The molecule has 0 saturated carbocycles. The number of nitrogens with zero attached hydrogens (tertiary/aromatic N) is 2. The Balaban J connectivity index is 1.55.